The Morgan fingerprint density at radius 2 is 1.62 bits per heavy atom. The molecule has 2 rings (SSSR count). The zero-order valence-corrected chi connectivity index (χ0v) is 12.5. The van der Waals surface area contributed by atoms with Crippen molar-refractivity contribution < 1.29 is 0 Å². The monoisotopic (exact) mass is 258 g/mol. The molecule has 0 radical (unpaired) electrons. The smallest absolute Gasteiger partial charge is 0.0261 e. The Bertz CT molecular complexity index is 211. The van der Waals surface area contributed by atoms with Crippen LogP contribution in [0, 0.1) is 5.92 Å². The lowest BCUT2D eigenvalue weighted by atomic mass is 9.81. The van der Waals surface area contributed by atoms with Crippen molar-refractivity contribution in [3.8, 4) is 0 Å². The zero-order valence-electron chi connectivity index (χ0n) is 10.8. The molecule has 0 aromatic heterocycles. The molecule has 2 saturated carbocycles. The quantitative estimate of drug-likeness (QED) is 0.598. The third-order valence-corrected chi connectivity index (χ3v) is 8.60. The maximum atomic E-state index is 2.51. The fourth-order valence-electron chi connectivity index (χ4n) is 2.94. The van der Waals surface area contributed by atoms with E-state index in [1.807, 2.05) is 0 Å². The lowest BCUT2D eigenvalue weighted by molar-refractivity contribution is 0.314. The van der Waals surface area contributed by atoms with E-state index in [1.54, 1.807) is 0 Å². The van der Waals surface area contributed by atoms with E-state index in [-0.39, 0.29) is 0 Å². The highest BCUT2D eigenvalue weighted by Gasteiger charge is 2.35. The van der Waals surface area contributed by atoms with Crippen molar-refractivity contribution in [3.05, 3.63) is 0 Å². The fraction of sp³-hybridized carbons (Fsp3) is 1.00. The molecular formula is C14H26S2. The van der Waals surface area contributed by atoms with Crippen molar-refractivity contribution >= 4 is 21.6 Å². The van der Waals surface area contributed by atoms with Gasteiger partial charge < -0.3 is 0 Å². The molecule has 0 bridgehead atoms. The number of rotatable bonds is 3. The van der Waals surface area contributed by atoms with Crippen molar-refractivity contribution in [2.45, 2.75) is 81.6 Å². The minimum atomic E-state index is 0.570. The Balaban J connectivity index is 1.78. The molecule has 0 N–H and O–H groups in total. The summed E-state index contributed by atoms with van der Waals surface area (Å²) in [4.78, 5) is 0. The summed E-state index contributed by atoms with van der Waals surface area (Å²) in [5, 5.41) is 0.963. The lowest BCUT2D eigenvalue weighted by Gasteiger charge is -2.39. The van der Waals surface area contributed by atoms with Gasteiger partial charge in [-0.25, -0.2) is 0 Å². The Labute approximate surface area is 109 Å². The van der Waals surface area contributed by atoms with Gasteiger partial charge in [0.2, 0.25) is 0 Å². The summed E-state index contributed by atoms with van der Waals surface area (Å²) in [5.41, 5.74) is 0. The third kappa shape index (κ3) is 3.35. The van der Waals surface area contributed by atoms with Crippen LogP contribution in [0.5, 0.6) is 0 Å². The summed E-state index contributed by atoms with van der Waals surface area (Å²) >= 11 is 0. The van der Waals surface area contributed by atoms with Crippen LogP contribution in [0.3, 0.4) is 0 Å². The second-order valence-corrected chi connectivity index (χ2v) is 8.93. The van der Waals surface area contributed by atoms with Crippen molar-refractivity contribution in [1.82, 2.24) is 0 Å². The van der Waals surface area contributed by atoms with E-state index in [0.29, 0.717) is 4.75 Å². The largest absolute Gasteiger partial charge is 0.0902 e. The summed E-state index contributed by atoms with van der Waals surface area (Å²) in [6, 6.07) is 0. The maximum Gasteiger partial charge on any atom is 0.0261 e. The molecule has 94 valence electrons. The molecule has 0 nitrogen and oxygen atoms in total. The second-order valence-electron chi connectivity index (χ2n) is 5.90. The first kappa shape index (κ1) is 13.1. The van der Waals surface area contributed by atoms with Gasteiger partial charge in [0.05, 0.1) is 0 Å². The van der Waals surface area contributed by atoms with Gasteiger partial charge in [0.25, 0.3) is 0 Å². The van der Waals surface area contributed by atoms with Crippen LogP contribution in [0.15, 0.2) is 0 Å². The van der Waals surface area contributed by atoms with Crippen LogP contribution < -0.4 is 0 Å². The molecule has 0 heterocycles. The summed E-state index contributed by atoms with van der Waals surface area (Å²) in [6.45, 7) is 4.98. The standard InChI is InChI=1S/C14H26S2/c1-12-8-6-7-11-14(12,2)16-15-13-9-4-3-5-10-13/h12-13H,3-11H2,1-2H3. The van der Waals surface area contributed by atoms with E-state index in [9.17, 15) is 0 Å². The normalized spacial score (nSPS) is 37.5. The Hall–Kier alpha value is 0.700. The minimum absolute atomic E-state index is 0.570. The van der Waals surface area contributed by atoms with Crippen molar-refractivity contribution in [3.63, 3.8) is 0 Å². The predicted molar refractivity (Wildman–Crippen MR) is 78.1 cm³/mol. The van der Waals surface area contributed by atoms with Crippen LogP contribution in [-0.2, 0) is 0 Å². The van der Waals surface area contributed by atoms with Crippen LogP contribution in [0.2, 0.25) is 0 Å². The summed E-state index contributed by atoms with van der Waals surface area (Å²) in [7, 11) is 4.45. The average molecular weight is 258 g/mol. The lowest BCUT2D eigenvalue weighted by Crippen LogP contribution is -2.32. The van der Waals surface area contributed by atoms with Crippen LogP contribution in [0.1, 0.15) is 71.6 Å². The molecule has 0 aromatic carbocycles. The van der Waals surface area contributed by atoms with E-state index >= 15 is 0 Å². The van der Waals surface area contributed by atoms with Gasteiger partial charge in [-0.05, 0) is 38.5 Å². The van der Waals surface area contributed by atoms with Crippen LogP contribution in [0.4, 0.5) is 0 Å². The first-order valence-corrected chi connectivity index (χ1v) is 9.26. The van der Waals surface area contributed by atoms with E-state index in [2.05, 4.69) is 35.4 Å². The predicted octanol–water partition coefficient (Wildman–Crippen LogP) is 5.67. The highest BCUT2D eigenvalue weighted by atomic mass is 33.1. The Kier molecular flexibility index (Phi) is 4.96. The summed E-state index contributed by atoms with van der Waals surface area (Å²) < 4.78 is 0.570. The minimum Gasteiger partial charge on any atom is -0.0902 e. The summed E-state index contributed by atoms with van der Waals surface area (Å²) in [6.07, 6.45) is 13.2. The van der Waals surface area contributed by atoms with E-state index in [1.165, 1.54) is 57.8 Å². The van der Waals surface area contributed by atoms with Crippen LogP contribution in [-0.4, -0.2) is 10.00 Å². The first-order chi connectivity index (χ1) is 7.71. The number of hydrogen-bond acceptors (Lipinski definition) is 2. The molecule has 2 unspecified atom stereocenters. The number of hydrogen-bond donors (Lipinski definition) is 0. The highest BCUT2D eigenvalue weighted by molar-refractivity contribution is 8.77. The van der Waals surface area contributed by atoms with Gasteiger partial charge >= 0.3 is 0 Å². The fourth-order valence-corrected chi connectivity index (χ4v) is 6.72. The van der Waals surface area contributed by atoms with E-state index in [0.717, 1.165) is 11.2 Å². The van der Waals surface area contributed by atoms with Gasteiger partial charge in [-0.2, -0.15) is 0 Å². The molecule has 16 heavy (non-hydrogen) atoms. The van der Waals surface area contributed by atoms with Crippen molar-refractivity contribution in [1.29, 1.82) is 0 Å². The molecule has 0 aliphatic heterocycles. The topological polar surface area (TPSA) is 0 Å². The second kappa shape index (κ2) is 6.04. The average Bonchev–Trinajstić information content (AvgIpc) is 2.32. The van der Waals surface area contributed by atoms with Crippen LogP contribution >= 0.6 is 21.6 Å². The zero-order chi connectivity index (χ0) is 11.4. The first-order valence-electron chi connectivity index (χ1n) is 7.05. The van der Waals surface area contributed by atoms with Gasteiger partial charge in [0.1, 0.15) is 0 Å². The van der Waals surface area contributed by atoms with Gasteiger partial charge in [0.15, 0.2) is 0 Å². The Morgan fingerprint density at radius 3 is 2.31 bits per heavy atom. The SMILES string of the molecule is CC1CCCCC1(C)SSC1CCCCC1. The molecule has 2 atom stereocenters. The molecule has 0 saturated heterocycles. The Morgan fingerprint density at radius 1 is 0.938 bits per heavy atom. The molecule has 2 aliphatic rings. The van der Waals surface area contributed by atoms with Gasteiger partial charge in [-0.1, -0.05) is 60.6 Å². The van der Waals surface area contributed by atoms with Gasteiger partial charge in [-0.3, -0.25) is 0 Å². The van der Waals surface area contributed by atoms with Crippen LogP contribution in [0.25, 0.3) is 0 Å². The maximum absolute atomic E-state index is 2.51. The molecular weight excluding hydrogens is 232 g/mol. The third-order valence-electron chi connectivity index (χ3n) is 4.53. The summed E-state index contributed by atoms with van der Waals surface area (Å²) in [5.74, 6) is 0.919. The van der Waals surface area contributed by atoms with Gasteiger partial charge in [-0.15, -0.1) is 0 Å². The molecule has 0 amide bonds. The van der Waals surface area contributed by atoms with Crippen molar-refractivity contribution in [2.24, 2.45) is 5.92 Å². The molecule has 2 fully saturated rings. The molecule has 2 heteroatoms. The molecule has 0 aromatic rings. The molecule has 0 spiro atoms. The highest BCUT2D eigenvalue weighted by Crippen LogP contribution is 2.51. The van der Waals surface area contributed by atoms with Gasteiger partial charge in [0, 0.05) is 10.00 Å². The van der Waals surface area contributed by atoms with E-state index in [4.69, 9.17) is 0 Å². The van der Waals surface area contributed by atoms with Crippen molar-refractivity contribution in [2.75, 3.05) is 0 Å². The van der Waals surface area contributed by atoms with E-state index < -0.39 is 0 Å². The molecule has 2 aliphatic carbocycles.